The third-order valence-electron chi connectivity index (χ3n) is 2.43. The number of nitrogens with zero attached hydrogens (tertiary/aromatic N) is 1. The lowest BCUT2D eigenvalue weighted by Crippen LogP contribution is -2.14. The van der Waals surface area contributed by atoms with E-state index in [4.69, 9.17) is 19.8 Å². The third kappa shape index (κ3) is 3.14. The number of carbonyl (C=O) groups is 1. The monoisotopic (exact) mass is 313 g/mol. The predicted octanol–water partition coefficient (Wildman–Crippen LogP) is 2.23. The summed E-state index contributed by atoms with van der Waals surface area (Å²) in [5.74, 6) is -1.19. The van der Waals surface area contributed by atoms with Crippen molar-refractivity contribution in [3.05, 3.63) is 22.2 Å². The van der Waals surface area contributed by atoms with Gasteiger partial charge in [0.05, 0.1) is 20.3 Å². The van der Waals surface area contributed by atoms with Crippen LogP contribution in [0.15, 0.2) is 16.6 Å². The fourth-order valence-electron chi connectivity index (χ4n) is 1.46. The van der Waals surface area contributed by atoms with Crippen molar-refractivity contribution in [3.63, 3.8) is 0 Å². The molecule has 6 heteroatoms. The Kier molecular flexibility index (Phi) is 4.98. The lowest BCUT2D eigenvalue weighted by atomic mass is 10.0. The van der Waals surface area contributed by atoms with Crippen LogP contribution in [0.25, 0.3) is 0 Å². The molecule has 0 bridgehead atoms. The molecule has 5 nitrogen and oxygen atoms in total. The SMILES string of the molecule is COc1cc(Br)c(C[C@@H](C#N)C(=O)O)cc1OC. The number of methoxy groups -OCH3 is 2. The summed E-state index contributed by atoms with van der Waals surface area (Å²) in [6.07, 6.45) is 0.104. The van der Waals surface area contributed by atoms with Gasteiger partial charge in [-0.15, -0.1) is 0 Å². The van der Waals surface area contributed by atoms with Gasteiger partial charge in [0.25, 0.3) is 0 Å². The standard InChI is InChI=1S/C12H12BrNO4/c1-17-10-4-7(3-8(6-14)12(15)16)9(13)5-11(10)18-2/h4-5,8H,3H2,1-2H3,(H,15,16)/t8-/m0/s1. The molecule has 18 heavy (non-hydrogen) atoms. The lowest BCUT2D eigenvalue weighted by Gasteiger charge is -2.12. The van der Waals surface area contributed by atoms with Crippen molar-refractivity contribution in [1.29, 1.82) is 5.26 Å². The van der Waals surface area contributed by atoms with E-state index in [0.717, 1.165) is 0 Å². The molecule has 0 aliphatic rings. The van der Waals surface area contributed by atoms with Crippen molar-refractivity contribution < 1.29 is 19.4 Å². The largest absolute Gasteiger partial charge is 0.493 e. The van der Waals surface area contributed by atoms with Crippen molar-refractivity contribution in [3.8, 4) is 17.6 Å². The molecule has 0 aliphatic heterocycles. The minimum Gasteiger partial charge on any atom is -0.493 e. The van der Waals surface area contributed by atoms with E-state index in [1.807, 2.05) is 0 Å². The quantitative estimate of drug-likeness (QED) is 0.901. The molecule has 0 saturated carbocycles. The first-order valence-electron chi connectivity index (χ1n) is 5.06. The molecule has 0 aromatic heterocycles. The second-order valence-corrected chi connectivity index (χ2v) is 4.38. The van der Waals surface area contributed by atoms with Crippen LogP contribution in [0.3, 0.4) is 0 Å². The van der Waals surface area contributed by atoms with Gasteiger partial charge in [-0.25, -0.2) is 0 Å². The number of halogens is 1. The predicted molar refractivity (Wildman–Crippen MR) is 67.7 cm³/mol. The highest BCUT2D eigenvalue weighted by atomic mass is 79.9. The Balaban J connectivity index is 3.10. The Bertz CT molecular complexity index is 496. The van der Waals surface area contributed by atoms with Gasteiger partial charge in [-0.3, -0.25) is 4.79 Å². The fraction of sp³-hybridized carbons (Fsp3) is 0.333. The maximum absolute atomic E-state index is 10.8. The molecule has 1 aromatic rings. The molecule has 0 spiro atoms. The molecule has 1 atom stereocenters. The molecule has 1 rings (SSSR count). The first-order chi connectivity index (χ1) is 8.53. The van der Waals surface area contributed by atoms with Crippen LogP contribution in [-0.4, -0.2) is 25.3 Å². The minimum atomic E-state index is -1.14. The molecule has 0 heterocycles. The van der Waals surface area contributed by atoms with Crippen LogP contribution >= 0.6 is 15.9 Å². The van der Waals surface area contributed by atoms with E-state index in [2.05, 4.69) is 15.9 Å². The van der Waals surface area contributed by atoms with E-state index in [1.165, 1.54) is 14.2 Å². The highest BCUT2D eigenvalue weighted by Crippen LogP contribution is 2.34. The van der Waals surface area contributed by atoms with Crippen molar-refractivity contribution in [1.82, 2.24) is 0 Å². The third-order valence-corrected chi connectivity index (χ3v) is 3.17. The molecule has 0 unspecified atom stereocenters. The zero-order chi connectivity index (χ0) is 13.7. The molecule has 0 radical (unpaired) electrons. The smallest absolute Gasteiger partial charge is 0.321 e. The van der Waals surface area contributed by atoms with E-state index in [0.29, 0.717) is 21.5 Å². The van der Waals surface area contributed by atoms with Crippen molar-refractivity contribution in [2.45, 2.75) is 6.42 Å². The van der Waals surface area contributed by atoms with E-state index in [1.54, 1.807) is 18.2 Å². The molecular weight excluding hydrogens is 302 g/mol. The Morgan fingerprint density at radius 2 is 2.00 bits per heavy atom. The average molecular weight is 314 g/mol. The second kappa shape index (κ2) is 6.26. The first kappa shape index (κ1) is 14.3. The van der Waals surface area contributed by atoms with E-state index < -0.39 is 11.9 Å². The Morgan fingerprint density at radius 1 is 1.44 bits per heavy atom. The Hall–Kier alpha value is -1.74. The number of carboxylic acids is 1. The summed E-state index contributed by atoms with van der Waals surface area (Å²) in [5, 5.41) is 17.6. The van der Waals surface area contributed by atoms with Gasteiger partial charge in [-0.05, 0) is 17.7 Å². The van der Waals surface area contributed by atoms with Crippen LogP contribution < -0.4 is 9.47 Å². The van der Waals surface area contributed by atoms with Crippen LogP contribution in [-0.2, 0) is 11.2 Å². The van der Waals surface area contributed by atoms with Gasteiger partial charge >= 0.3 is 5.97 Å². The number of rotatable bonds is 5. The van der Waals surface area contributed by atoms with Gasteiger partial charge < -0.3 is 14.6 Å². The first-order valence-corrected chi connectivity index (χ1v) is 5.85. The molecule has 0 amide bonds. The summed E-state index contributed by atoms with van der Waals surface area (Å²) >= 11 is 3.32. The summed E-state index contributed by atoms with van der Waals surface area (Å²) in [6, 6.07) is 5.10. The number of hydrogen-bond donors (Lipinski definition) is 1. The molecule has 0 aliphatic carbocycles. The molecule has 0 fully saturated rings. The Labute approximate surface area is 113 Å². The lowest BCUT2D eigenvalue weighted by molar-refractivity contribution is -0.139. The Morgan fingerprint density at radius 3 is 2.44 bits per heavy atom. The normalized spacial score (nSPS) is 11.4. The molecule has 96 valence electrons. The molecule has 0 saturated heterocycles. The summed E-state index contributed by atoms with van der Waals surface area (Å²) in [4.78, 5) is 10.8. The topological polar surface area (TPSA) is 79.5 Å². The zero-order valence-corrected chi connectivity index (χ0v) is 11.5. The van der Waals surface area contributed by atoms with Crippen LogP contribution in [0.5, 0.6) is 11.5 Å². The van der Waals surface area contributed by atoms with Gasteiger partial charge in [0.2, 0.25) is 0 Å². The van der Waals surface area contributed by atoms with E-state index in [9.17, 15) is 4.79 Å². The summed E-state index contributed by atoms with van der Waals surface area (Å²) in [7, 11) is 3.01. The van der Waals surface area contributed by atoms with Gasteiger partial charge in [0, 0.05) is 10.9 Å². The number of carboxylic acid groups (broad SMARTS) is 1. The number of aliphatic carboxylic acids is 1. The highest BCUT2D eigenvalue weighted by molar-refractivity contribution is 9.10. The van der Waals surface area contributed by atoms with Gasteiger partial charge in [-0.2, -0.15) is 5.26 Å². The maximum Gasteiger partial charge on any atom is 0.321 e. The average Bonchev–Trinajstić information content (AvgIpc) is 2.36. The van der Waals surface area contributed by atoms with Gasteiger partial charge in [0.1, 0.15) is 5.92 Å². The summed E-state index contributed by atoms with van der Waals surface area (Å²) in [5.41, 5.74) is 0.682. The van der Waals surface area contributed by atoms with Crippen LogP contribution in [0, 0.1) is 17.2 Å². The van der Waals surface area contributed by atoms with Crippen molar-refractivity contribution in [2.24, 2.45) is 5.92 Å². The van der Waals surface area contributed by atoms with E-state index >= 15 is 0 Å². The number of hydrogen-bond acceptors (Lipinski definition) is 4. The van der Waals surface area contributed by atoms with Gasteiger partial charge in [-0.1, -0.05) is 15.9 Å². The maximum atomic E-state index is 10.8. The van der Waals surface area contributed by atoms with Gasteiger partial charge in [0.15, 0.2) is 11.5 Å². The molecule has 1 N–H and O–H groups in total. The fourth-order valence-corrected chi connectivity index (χ4v) is 1.95. The second-order valence-electron chi connectivity index (χ2n) is 3.52. The zero-order valence-electron chi connectivity index (χ0n) is 9.94. The number of nitriles is 1. The summed E-state index contributed by atoms with van der Waals surface area (Å²) < 4.78 is 10.9. The number of ether oxygens (including phenoxy) is 2. The number of benzene rings is 1. The van der Waals surface area contributed by atoms with Crippen molar-refractivity contribution in [2.75, 3.05) is 14.2 Å². The van der Waals surface area contributed by atoms with Crippen LogP contribution in [0.4, 0.5) is 0 Å². The van der Waals surface area contributed by atoms with Crippen molar-refractivity contribution >= 4 is 21.9 Å². The molecular formula is C12H12BrNO4. The van der Waals surface area contributed by atoms with Crippen LogP contribution in [0.2, 0.25) is 0 Å². The summed E-state index contributed by atoms with van der Waals surface area (Å²) in [6.45, 7) is 0. The highest BCUT2D eigenvalue weighted by Gasteiger charge is 2.20. The van der Waals surface area contributed by atoms with Crippen LogP contribution in [0.1, 0.15) is 5.56 Å². The molecule has 1 aromatic carbocycles. The minimum absolute atomic E-state index is 0.104. The van der Waals surface area contributed by atoms with E-state index in [-0.39, 0.29) is 6.42 Å².